The minimum Gasteiger partial charge on any atom is -0.467 e. The van der Waals surface area contributed by atoms with E-state index in [9.17, 15) is 4.79 Å². The number of rotatable bonds is 5. The third-order valence-electron chi connectivity index (χ3n) is 3.52. The van der Waals surface area contributed by atoms with Crippen molar-refractivity contribution in [1.29, 1.82) is 0 Å². The number of anilines is 2. The van der Waals surface area contributed by atoms with Crippen LogP contribution in [0.3, 0.4) is 0 Å². The molecule has 1 aromatic carbocycles. The molecule has 1 amide bonds. The Morgan fingerprint density at radius 1 is 1.20 bits per heavy atom. The molecule has 0 spiro atoms. The highest BCUT2D eigenvalue weighted by atomic mass is 16.3. The van der Waals surface area contributed by atoms with Gasteiger partial charge < -0.3 is 15.1 Å². The number of furan rings is 1. The molecule has 4 heteroatoms. The van der Waals surface area contributed by atoms with Gasteiger partial charge in [-0.15, -0.1) is 0 Å². The lowest BCUT2D eigenvalue weighted by atomic mass is 10.2. The molecule has 0 saturated heterocycles. The molecule has 0 atom stereocenters. The molecule has 0 aliphatic heterocycles. The van der Waals surface area contributed by atoms with Crippen molar-refractivity contribution in [3.05, 3.63) is 47.9 Å². The first kappa shape index (κ1) is 12.8. The zero-order valence-corrected chi connectivity index (χ0v) is 11.5. The van der Waals surface area contributed by atoms with E-state index in [2.05, 4.69) is 10.6 Å². The van der Waals surface area contributed by atoms with Crippen LogP contribution in [0.5, 0.6) is 0 Å². The van der Waals surface area contributed by atoms with E-state index < -0.39 is 0 Å². The van der Waals surface area contributed by atoms with Gasteiger partial charge in [-0.25, -0.2) is 0 Å². The highest BCUT2D eigenvalue weighted by molar-refractivity contribution is 5.94. The quantitative estimate of drug-likeness (QED) is 0.873. The molecule has 0 bridgehead atoms. The Balaban J connectivity index is 1.55. The van der Waals surface area contributed by atoms with Crippen LogP contribution in [-0.4, -0.2) is 5.91 Å². The number of nitrogens with one attached hydrogen (secondary N) is 2. The van der Waals surface area contributed by atoms with Crippen molar-refractivity contribution in [2.24, 2.45) is 5.92 Å². The molecular weight excluding hydrogens is 252 g/mol. The number of aryl methyl sites for hydroxylation is 1. The number of carbonyl (C=O) groups excluding carboxylic acids is 1. The summed E-state index contributed by atoms with van der Waals surface area (Å²) in [6, 6.07) is 9.70. The molecule has 2 aromatic rings. The van der Waals surface area contributed by atoms with E-state index in [1.165, 1.54) is 0 Å². The van der Waals surface area contributed by atoms with Gasteiger partial charge in [0.1, 0.15) is 5.76 Å². The van der Waals surface area contributed by atoms with Crippen molar-refractivity contribution < 1.29 is 9.21 Å². The number of hydrogen-bond acceptors (Lipinski definition) is 3. The van der Waals surface area contributed by atoms with Crippen LogP contribution in [0, 0.1) is 12.8 Å². The normalized spacial score (nSPS) is 14.1. The second-order valence-corrected chi connectivity index (χ2v) is 5.22. The second kappa shape index (κ2) is 5.41. The smallest absolute Gasteiger partial charge is 0.227 e. The van der Waals surface area contributed by atoms with E-state index in [4.69, 9.17) is 4.42 Å². The molecule has 1 aromatic heterocycles. The lowest BCUT2D eigenvalue weighted by Crippen LogP contribution is -2.13. The summed E-state index contributed by atoms with van der Waals surface area (Å²) in [5, 5.41) is 6.22. The summed E-state index contributed by atoms with van der Waals surface area (Å²) >= 11 is 0. The van der Waals surface area contributed by atoms with Gasteiger partial charge in [-0.05, 0) is 55.7 Å². The monoisotopic (exact) mass is 270 g/mol. The van der Waals surface area contributed by atoms with Gasteiger partial charge in [0.2, 0.25) is 5.91 Å². The minimum atomic E-state index is 0.136. The van der Waals surface area contributed by atoms with Crippen molar-refractivity contribution in [2.75, 3.05) is 10.6 Å². The molecule has 3 rings (SSSR count). The van der Waals surface area contributed by atoms with Crippen LogP contribution in [0.1, 0.15) is 24.2 Å². The Labute approximate surface area is 118 Å². The zero-order chi connectivity index (χ0) is 13.9. The van der Waals surface area contributed by atoms with Crippen LogP contribution in [0.4, 0.5) is 11.4 Å². The molecule has 104 valence electrons. The van der Waals surface area contributed by atoms with Gasteiger partial charge in [0.15, 0.2) is 0 Å². The lowest BCUT2D eigenvalue weighted by molar-refractivity contribution is -0.117. The van der Waals surface area contributed by atoms with Crippen LogP contribution in [-0.2, 0) is 11.3 Å². The van der Waals surface area contributed by atoms with Gasteiger partial charge in [0.05, 0.1) is 12.8 Å². The molecule has 0 radical (unpaired) electrons. The first-order valence-electron chi connectivity index (χ1n) is 6.90. The highest BCUT2D eigenvalue weighted by Crippen LogP contribution is 2.30. The Kier molecular flexibility index (Phi) is 3.46. The number of carbonyl (C=O) groups is 1. The van der Waals surface area contributed by atoms with Gasteiger partial charge in [-0.2, -0.15) is 0 Å². The third kappa shape index (κ3) is 3.02. The SMILES string of the molecule is Cc1ccoc1CNc1ccc(NC(=O)C2CC2)cc1. The first-order chi connectivity index (χ1) is 9.72. The van der Waals surface area contributed by atoms with Crippen LogP contribution in [0.2, 0.25) is 0 Å². The largest absolute Gasteiger partial charge is 0.467 e. The standard InChI is InChI=1S/C16H18N2O2/c1-11-8-9-20-15(11)10-17-13-4-6-14(7-5-13)18-16(19)12-2-3-12/h4-9,12,17H,2-3,10H2,1H3,(H,18,19). The van der Waals surface area contributed by atoms with Gasteiger partial charge in [-0.1, -0.05) is 0 Å². The van der Waals surface area contributed by atoms with E-state index in [0.29, 0.717) is 6.54 Å². The van der Waals surface area contributed by atoms with E-state index >= 15 is 0 Å². The molecule has 1 saturated carbocycles. The minimum absolute atomic E-state index is 0.136. The average Bonchev–Trinajstić information content (AvgIpc) is 3.22. The lowest BCUT2D eigenvalue weighted by Gasteiger charge is -2.08. The van der Waals surface area contributed by atoms with E-state index in [-0.39, 0.29) is 11.8 Å². The molecule has 1 fully saturated rings. The van der Waals surface area contributed by atoms with Crippen molar-refractivity contribution in [1.82, 2.24) is 0 Å². The van der Waals surface area contributed by atoms with Gasteiger partial charge in [0.25, 0.3) is 0 Å². The van der Waals surface area contributed by atoms with Gasteiger partial charge >= 0.3 is 0 Å². The summed E-state index contributed by atoms with van der Waals surface area (Å²) in [4.78, 5) is 11.6. The third-order valence-corrected chi connectivity index (χ3v) is 3.52. The molecule has 1 aliphatic rings. The maximum atomic E-state index is 11.6. The molecule has 1 aliphatic carbocycles. The van der Waals surface area contributed by atoms with E-state index in [1.54, 1.807) is 6.26 Å². The van der Waals surface area contributed by atoms with Crippen LogP contribution < -0.4 is 10.6 Å². The van der Waals surface area contributed by atoms with Gasteiger partial charge in [0, 0.05) is 17.3 Å². The second-order valence-electron chi connectivity index (χ2n) is 5.22. The van der Waals surface area contributed by atoms with Crippen LogP contribution >= 0.6 is 0 Å². The summed E-state index contributed by atoms with van der Waals surface area (Å²) in [5.41, 5.74) is 3.00. The fourth-order valence-electron chi connectivity index (χ4n) is 2.03. The fraction of sp³-hybridized carbons (Fsp3) is 0.312. The van der Waals surface area contributed by atoms with Crippen molar-refractivity contribution >= 4 is 17.3 Å². The molecule has 2 N–H and O–H groups in total. The number of amides is 1. The summed E-state index contributed by atoms with van der Waals surface area (Å²) in [6.07, 6.45) is 3.74. The predicted octanol–water partition coefficient (Wildman–Crippen LogP) is 3.55. The van der Waals surface area contributed by atoms with Crippen molar-refractivity contribution in [2.45, 2.75) is 26.3 Å². The Hall–Kier alpha value is -2.23. The molecule has 0 unspecified atom stereocenters. The van der Waals surface area contributed by atoms with Crippen LogP contribution in [0.15, 0.2) is 41.0 Å². The van der Waals surface area contributed by atoms with Gasteiger partial charge in [-0.3, -0.25) is 4.79 Å². The average molecular weight is 270 g/mol. The summed E-state index contributed by atoms with van der Waals surface area (Å²) < 4.78 is 5.38. The van der Waals surface area contributed by atoms with Crippen molar-refractivity contribution in [3.63, 3.8) is 0 Å². The Bertz CT molecular complexity index is 597. The Morgan fingerprint density at radius 2 is 1.90 bits per heavy atom. The van der Waals surface area contributed by atoms with E-state index in [0.717, 1.165) is 35.5 Å². The molecule has 20 heavy (non-hydrogen) atoms. The summed E-state index contributed by atoms with van der Waals surface area (Å²) in [7, 11) is 0. The maximum Gasteiger partial charge on any atom is 0.227 e. The zero-order valence-electron chi connectivity index (χ0n) is 11.5. The number of hydrogen-bond donors (Lipinski definition) is 2. The summed E-state index contributed by atoms with van der Waals surface area (Å²) in [6.45, 7) is 2.68. The molecular formula is C16H18N2O2. The number of benzene rings is 1. The first-order valence-corrected chi connectivity index (χ1v) is 6.90. The summed E-state index contributed by atoms with van der Waals surface area (Å²) in [5.74, 6) is 1.31. The van der Waals surface area contributed by atoms with E-state index in [1.807, 2.05) is 37.3 Å². The highest BCUT2D eigenvalue weighted by Gasteiger charge is 2.29. The predicted molar refractivity (Wildman–Crippen MR) is 78.6 cm³/mol. The van der Waals surface area contributed by atoms with Crippen LogP contribution in [0.25, 0.3) is 0 Å². The fourth-order valence-corrected chi connectivity index (χ4v) is 2.03. The Morgan fingerprint density at radius 3 is 2.50 bits per heavy atom. The van der Waals surface area contributed by atoms with Crippen molar-refractivity contribution in [3.8, 4) is 0 Å². The maximum absolute atomic E-state index is 11.6. The molecule has 4 nitrogen and oxygen atoms in total. The molecule has 1 heterocycles. The topological polar surface area (TPSA) is 54.3 Å².